The van der Waals surface area contributed by atoms with Gasteiger partial charge in [0, 0.05) is 59.1 Å². The van der Waals surface area contributed by atoms with E-state index in [2.05, 4.69) is 9.97 Å². The van der Waals surface area contributed by atoms with Crippen molar-refractivity contribution in [1.82, 2.24) is 14.5 Å². The topological polar surface area (TPSA) is 74.1 Å². The molecule has 43 heavy (non-hydrogen) atoms. The number of benzene rings is 2. The number of fused-ring (bicyclic) bond motifs is 1. The van der Waals surface area contributed by atoms with E-state index in [0.29, 0.717) is 42.0 Å². The molecule has 0 fully saturated rings. The van der Waals surface area contributed by atoms with Gasteiger partial charge in [0.1, 0.15) is 25.3 Å². The van der Waals surface area contributed by atoms with E-state index < -0.39 is 12.6 Å². The fourth-order valence-corrected chi connectivity index (χ4v) is 5.42. The lowest BCUT2D eigenvalue weighted by Gasteiger charge is -2.19. The van der Waals surface area contributed by atoms with Gasteiger partial charge in [-0.05, 0) is 53.8 Å². The minimum atomic E-state index is -0.548. The van der Waals surface area contributed by atoms with Gasteiger partial charge in [-0.15, -0.1) is 0 Å². The summed E-state index contributed by atoms with van der Waals surface area (Å²) in [7, 11) is 1.91. The van der Waals surface area contributed by atoms with Gasteiger partial charge >= 0.3 is 0 Å². The van der Waals surface area contributed by atoms with Crippen LogP contribution in [0.1, 0.15) is 66.0 Å². The van der Waals surface area contributed by atoms with Crippen LogP contribution in [0.5, 0.6) is 5.75 Å². The highest BCUT2D eigenvalue weighted by molar-refractivity contribution is 6.10. The number of hydrogen-bond donors (Lipinski definition) is 0. The number of halogens is 1. The Balaban J connectivity index is 1.49. The minimum absolute atomic E-state index is 0.0000236. The zero-order valence-corrected chi connectivity index (χ0v) is 25.0. The van der Waals surface area contributed by atoms with E-state index in [1.807, 2.05) is 93.0 Å². The molecule has 3 heterocycles. The molecule has 5 aromatic rings. The Hall–Kier alpha value is -4.65. The van der Waals surface area contributed by atoms with Gasteiger partial charge in [-0.2, -0.15) is 0 Å². The van der Waals surface area contributed by atoms with Crippen LogP contribution in [-0.4, -0.2) is 26.6 Å². The van der Waals surface area contributed by atoms with E-state index >= 15 is 0 Å². The van der Waals surface area contributed by atoms with Crippen LogP contribution in [0.4, 0.5) is 4.39 Å². The number of aryl methyl sites for hydroxylation is 1. The lowest BCUT2D eigenvalue weighted by Crippen LogP contribution is -2.18. The molecule has 7 heteroatoms. The van der Waals surface area contributed by atoms with E-state index in [1.54, 1.807) is 18.3 Å². The molecular formula is C36H36FN3O3. The van der Waals surface area contributed by atoms with Crippen molar-refractivity contribution in [1.29, 1.82) is 0 Å². The zero-order valence-electron chi connectivity index (χ0n) is 25.0. The summed E-state index contributed by atoms with van der Waals surface area (Å²) in [6.45, 7) is 5.87. The van der Waals surface area contributed by atoms with Gasteiger partial charge < -0.3 is 14.1 Å². The number of ketones is 1. The number of carbonyl (C=O) groups is 2. The van der Waals surface area contributed by atoms with Crippen molar-refractivity contribution in [2.45, 2.75) is 52.8 Å². The van der Waals surface area contributed by atoms with Gasteiger partial charge in [0.2, 0.25) is 0 Å². The third-order valence-electron chi connectivity index (χ3n) is 7.50. The average molecular weight is 578 g/mol. The standard InChI is InChI=1S/C36H36FN3O3/c1-36(2,3)19-33(42)34-30-18-29(43-23-28-7-5-6-16-38-28)13-15-32(30)40(4)35(34)27(22-41)17-24-8-11-26(12-9-24)31-14-10-25(20-37)21-39-31/h5-16,18,21-22,27H,17,19-20,23H2,1-4H3. The van der Waals surface area contributed by atoms with Crippen molar-refractivity contribution in [3.05, 3.63) is 113 Å². The van der Waals surface area contributed by atoms with E-state index in [9.17, 15) is 14.0 Å². The van der Waals surface area contributed by atoms with Crippen LogP contribution in [0.3, 0.4) is 0 Å². The van der Waals surface area contributed by atoms with Crippen LogP contribution in [0.2, 0.25) is 0 Å². The third-order valence-corrected chi connectivity index (χ3v) is 7.50. The second-order valence-corrected chi connectivity index (χ2v) is 12.1. The van der Waals surface area contributed by atoms with Gasteiger partial charge in [0.15, 0.2) is 5.78 Å². The Bertz CT molecular complexity index is 1720. The number of alkyl halides is 1. The lowest BCUT2D eigenvalue weighted by atomic mass is 9.85. The van der Waals surface area contributed by atoms with Crippen LogP contribution < -0.4 is 4.74 Å². The van der Waals surface area contributed by atoms with Crippen LogP contribution in [0.25, 0.3) is 22.2 Å². The van der Waals surface area contributed by atoms with Gasteiger partial charge in [-0.1, -0.05) is 57.2 Å². The first-order chi connectivity index (χ1) is 20.7. The maximum absolute atomic E-state index is 13.9. The summed E-state index contributed by atoms with van der Waals surface area (Å²) in [5.41, 5.74) is 5.86. The molecule has 1 unspecified atom stereocenters. The van der Waals surface area contributed by atoms with E-state index in [0.717, 1.165) is 39.7 Å². The zero-order chi connectivity index (χ0) is 30.6. The number of ether oxygens (including phenoxy) is 1. The number of Topliss-reactive ketones (excluding diaryl/α,β-unsaturated/α-hetero) is 1. The van der Waals surface area contributed by atoms with Crippen LogP contribution in [-0.2, 0) is 31.5 Å². The molecule has 0 spiro atoms. The van der Waals surface area contributed by atoms with E-state index in [4.69, 9.17) is 4.74 Å². The van der Waals surface area contributed by atoms with Crippen molar-refractivity contribution < 1.29 is 18.7 Å². The maximum atomic E-state index is 13.9. The monoisotopic (exact) mass is 577 g/mol. The Morgan fingerprint density at radius 2 is 1.77 bits per heavy atom. The molecule has 0 amide bonds. The smallest absolute Gasteiger partial charge is 0.165 e. The van der Waals surface area contributed by atoms with Crippen LogP contribution in [0.15, 0.2) is 85.2 Å². The fourth-order valence-electron chi connectivity index (χ4n) is 5.42. The molecular weight excluding hydrogens is 541 g/mol. The highest BCUT2D eigenvalue weighted by atomic mass is 19.1. The molecule has 6 nitrogen and oxygen atoms in total. The molecule has 0 radical (unpaired) electrons. The highest BCUT2D eigenvalue weighted by Crippen LogP contribution is 2.36. The van der Waals surface area contributed by atoms with Gasteiger partial charge in [-0.3, -0.25) is 14.8 Å². The molecule has 0 saturated carbocycles. The first-order valence-electron chi connectivity index (χ1n) is 14.4. The van der Waals surface area contributed by atoms with Crippen LogP contribution in [0, 0.1) is 5.41 Å². The summed E-state index contributed by atoms with van der Waals surface area (Å²) < 4.78 is 20.9. The molecule has 0 aliphatic carbocycles. The first kappa shape index (κ1) is 29.8. The molecule has 0 N–H and O–H groups in total. The molecule has 220 valence electrons. The predicted octanol–water partition coefficient (Wildman–Crippen LogP) is 7.83. The van der Waals surface area contributed by atoms with Crippen molar-refractivity contribution in [2.75, 3.05) is 0 Å². The van der Waals surface area contributed by atoms with Crippen molar-refractivity contribution in [3.8, 4) is 17.0 Å². The predicted molar refractivity (Wildman–Crippen MR) is 167 cm³/mol. The largest absolute Gasteiger partial charge is 0.487 e. The normalized spacial score (nSPS) is 12.3. The molecule has 0 aliphatic rings. The van der Waals surface area contributed by atoms with E-state index in [-0.39, 0.29) is 11.2 Å². The van der Waals surface area contributed by atoms with Gasteiger partial charge in [0.25, 0.3) is 0 Å². The second-order valence-electron chi connectivity index (χ2n) is 12.1. The second kappa shape index (κ2) is 12.7. The van der Waals surface area contributed by atoms with Crippen LogP contribution >= 0.6 is 0 Å². The van der Waals surface area contributed by atoms with Crippen molar-refractivity contribution in [2.24, 2.45) is 12.5 Å². The molecule has 0 aliphatic heterocycles. The lowest BCUT2D eigenvalue weighted by molar-refractivity contribution is -0.109. The Morgan fingerprint density at radius 1 is 1.00 bits per heavy atom. The summed E-state index contributed by atoms with van der Waals surface area (Å²) in [6.07, 6.45) is 4.97. The number of carbonyl (C=O) groups excluding carboxylic acids is 2. The maximum Gasteiger partial charge on any atom is 0.165 e. The van der Waals surface area contributed by atoms with E-state index in [1.165, 1.54) is 6.20 Å². The molecule has 2 aromatic carbocycles. The van der Waals surface area contributed by atoms with Crippen molar-refractivity contribution in [3.63, 3.8) is 0 Å². The van der Waals surface area contributed by atoms with Crippen molar-refractivity contribution >= 4 is 23.0 Å². The first-order valence-corrected chi connectivity index (χ1v) is 14.4. The number of nitrogens with zero attached hydrogens (tertiary/aromatic N) is 3. The summed E-state index contributed by atoms with van der Waals surface area (Å²) in [5, 5.41) is 0.773. The summed E-state index contributed by atoms with van der Waals surface area (Å²) >= 11 is 0. The molecule has 0 saturated heterocycles. The summed E-state index contributed by atoms with van der Waals surface area (Å²) in [4.78, 5) is 35.3. The summed E-state index contributed by atoms with van der Waals surface area (Å²) in [5.74, 6) is 0.0912. The number of aromatic nitrogens is 3. The summed E-state index contributed by atoms with van der Waals surface area (Å²) in [6, 6.07) is 22.8. The van der Waals surface area contributed by atoms with Gasteiger partial charge in [0.05, 0.1) is 17.3 Å². The Kier molecular flexibility index (Phi) is 8.81. The quantitative estimate of drug-likeness (QED) is 0.118. The number of hydrogen-bond acceptors (Lipinski definition) is 5. The minimum Gasteiger partial charge on any atom is -0.487 e. The number of aldehydes is 1. The Morgan fingerprint density at radius 3 is 2.40 bits per heavy atom. The van der Waals surface area contributed by atoms with Gasteiger partial charge in [-0.25, -0.2) is 4.39 Å². The highest BCUT2D eigenvalue weighted by Gasteiger charge is 2.29. The fraction of sp³-hybridized carbons (Fsp3) is 0.278. The average Bonchev–Trinajstić information content (AvgIpc) is 3.30. The molecule has 0 bridgehead atoms. The number of pyridine rings is 2. The molecule has 5 rings (SSSR count). The molecule has 3 aromatic heterocycles. The number of rotatable bonds is 11. The third kappa shape index (κ3) is 6.88. The molecule has 1 atom stereocenters. The Labute approximate surface area is 251 Å². The SMILES string of the molecule is Cn1c(C(C=O)Cc2ccc(-c3ccc(CF)cn3)cc2)c(C(=O)CC(C)(C)C)c2cc(OCc3ccccn3)ccc21.